The molecule has 2 aliphatic rings. The summed E-state index contributed by atoms with van der Waals surface area (Å²) >= 11 is 0. The van der Waals surface area contributed by atoms with Crippen LogP contribution in [-0.2, 0) is 23.8 Å². The van der Waals surface area contributed by atoms with Gasteiger partial charge >= 0.3 is 0 Å². The minimum absolute atomic E-state index is 0.0456. The van der Waals surface area contributed by atoms with Gasteiger partial charge in [0, 0.05) is 12.8 Å². The van der Waals surface area contributed by atoms with Gasteiger partial charge in [0.05, 0.1) is 19.5 Å². The van der Waals surface area contributed by atoms with Gasteiger partial charge < -0.3 is 9.47 Å². The Morgan fingerprint density at radius 2 is 1.95 bits per heavy atom. The second-order valence-corrected chi connectivity index (χ2v) is 8.11. The maximum atomic E-state index is 11.0. The average Bonchev–Trinajstić information content (AvgIpc) is 2.60. The molecule has 1 saturated carbocycles. The number of hydrogen-bond acceptors (Lipinski definition) is 5. The van der Waals surface area contributed by atoms with Crippen LogP contribution in [0, 0.1) is 5.41 Å². The third-order valence-corrected chi connectivity index (χ3v) is 4.54. The summed E-state index contributed by atoms with van der Waals surface area (Å²) in [5.41, 5.74) is 0.331. The standard InChI is InChI=1S/C13H24O5S/c1-12(2)5-4-6-13(8-7-12)16-9-11(18-13)10-17-19(3,14)15/h11H,4-10H2,1-3H3. The van der Waals surface area contributed by atoms with Crippen molar-refractivity contribution >= 4 is 10.1 Å². The molecular weight excluding hydrogens is 268 g/mol. The quantitative estimate of drug-likeness (QED) is 0.745. The zero-order chi connectivity index (χ0) is 14.1. The van der Waals surface area contributed by atoms with Crippen LogP contribution in [0.1, 0.15) is 46.0 Å². The van der Waals surface area contributed by atoms with Gasteiger partial charge in [0.1, 0.15) is 6.10 Å². The molecule has 1 spiro atoms. The van der Waals surface area contributed by atoms with E-state index in [9.17, 15) is 8.42 Å². The zero-order valence-corrected chi connectivity index (χ0v) is 12.8. The van der Waals surface area contributed by atoms with Gasteiger partial charge in [-0.3, -0.25) is 4.18 Å². The van der Waals surface area contributed by atoms with Crippen molar-refractivity contribution in [1.29, 1.82) is 0 Å². The predicted molar refractivity (Wildman–Crippen MR) is 71.2 cm³/mol. The van der Waals surface area contributed by atoms with Gasteiger partial charge in [0.2, 0.25) is 0 Å². The van der Waals surface area contributed by atoms with E-state index in [2.05, 4.69) is 13.8 Å². The molecule has 2 fully saturated rings. The Bertz CT molecular complexity index is 417. The van der Waals surface area contributed by atoms with Crippen molar-refractivity contribution in [2.45, 2.75) is 57.8 Å². The van der Waals surface area contributed by atoms with Crippen molar-refractivity contribution in [1.82, 2.24) is 0 Å². The Labute approximate surface area is 115 Å². The van der Waals surface area contributed by atoms with E-state index >= 15 is 0 Å². The fraction of sp³-hybridized carbons (Fsp3) is 1.00. The highest BCUT2D eigenvalue weighted by Crippen LogP contribution is 2.43. The molecule has 0 radical (unpaired) electrons. The number of rotatable bonds is 3. The van der Waals surface area contributed by atoms with E-state index in [0.717, 1.165) is 31.9 Å². The van der Waals surface area contributed by atoms with Crippen LogP contribution >= 0.6 is 0 Å². The fourth-order valence-corrected chi connectivity index (χ4v) is 3.17. The molecule has 6 heteroatoms. The second-order valence-electron chi connectivity index (χ2n) is 6.47. The summed E-state index contributed by atoms with van der Waals surface area (Å²) < 4.78 is 38.5. The molecule has 0 bridgehead atoms. The summed E-state index contributed by atoms with van der Waals surface area (Å²) in [6, 6.07) is 0. The highest BCUT2D eigenvalue weighted by molar-refractivity contribution is 7.85. The van der Waals surface area contributed by atoms with Gasteiger partial charge in [-0.25, -0.2) is 0 Å². The Hall–Kier alpha value is -0.170. The van der Waals surface area contributed by atoms with Crippen LogP contribution < -0.4 is 0 Å². The van der Waals surface area contributed by atoms with Crippen molar-refractivity contribution in [2.24, 2.45) is 5.41 Å². The van der Waals surface area contributed by atoms with Crippen LogP contribution in [0.2, 0.25) is 0 Å². The Kier molecular flexibility index (Phi) is 4.26. The van der Waals surface area contributed by atoms with Crippen molar-refractivity contribution in [3.8, 4) is 0 Å². The Balaban J connectivity index is 1.90. The van der Waals surface area contributed by atoms with Crippen LogP contribution in [0.25, 0.3) is 0 Å². The highest BCUT2D eigenvalue weighted by Gasteiger charge is 2.44. The van der Waals surface area contributed by atoms with Gasteiger partial charge in [0.15, 0.2) is 5.79 Å². The van der Waals surface area contributed by atoms with Gasteiger partial charge in [0.25, 0.3) is 10.1 Å². The van der Waals surface area contributed by atoms with Crippen molar-refractivity contribution in [3.05, 3.63) is 0 Å². The molecule has 2 rings (SSSR count). The minimum Gasteiger partial charge on any atom is -0.347 e. The van der Waals surface area contributed by atoms with E-state index < -0.39 is 15.9 Å². The molecule has 2 atom stereocenters. The van der Waals surface area contributed by atoms with Crippen molar-refractivity contribution < 1.29 is 22.1 Å². The summed E-state index contributed by atoms with van der Waals surface area (Å²) in [7, 11) is -3.42. The molecule has 112 valence electrons. The predicted octanol–water partition coefficient (Wildman–Crippen LogP) is 2.06. The Morgan fingerprint density at radius 1 is 1.21 bits per heavy atom. The fourth-order valence-electron chi connectivity index (χ4n) is 2.78. The topological polar surface area (TPSA) is 61.8 Å². The monoisotopic (exact) mass is 292 g/mol. The number of ether oxygens (including phenoxy) is 2. The molecular formula is C13H24O5S. The summed E-state index contributed by atoms with van der Waals surface area (Å²) in [6.45, 7) is 5.00. The zero-order valence-electron chi connectivity index (χ0n) is 12.0. The van der Waals surface area contributed by atoms with Crippen molar-refractivity contribution in [2.75, 3.05) is 19.5 Å². The lowest BCUT2D eigenvalue weighted by Crippen LogP contribution is -2.31. The van der Waals surface area contributed by atoms with Crippen LogP contribution in [0.4, 0.5) is 0 Å². The number of hydrogen-bond donors (Lipinski definition) is 0. The van der Waals surface area contributed by atoms with Gasteiger partial charge in [-0.1, -0.05) is 13.8 Å². The maximum Gasteiger partial charge on any atom is 0.264 e. The molecule has 0 aromatic heterocycles. The lowest BCUT2D eigenvalue weighted by atomic mass is 9.85. The maximum absolute atomic E-state index is 11.0. The third-order valence-electron chi connectivity index (χ3n) is 3.98. The first kappa shape index (κ1) is 15.2. The third kappa shape index (κ3) is 4.41. The second kappa shape index (κ2) is 5.31. The first-order valence-corrected chi connectivity index (χ1v) is 8.68. The largest absolute Gasteiger partial charge is 0.347 e. The van der Waals surface area contributed by atoms with E-state index in [0.29, 0.717) is 12.0 Å². The van der Waals surface area contributed by atoms with Crippen LogP contribution in [0.15, 0.2) is 0 Å². The molecule has 5 nitrogen and oxygen atoms in total. The van der Waals surface area contributed by atoms with E-state index in [4.69, 9.17) is 13.7 Å². The van der Waals surface area contributed by atoms with E-state index in [1.54, 1.807) is 0 Å². The van der Waals surface area contributed by atoms with Crippen LogP contribution in [-0.4, -0.2) is 39.8 Å². The smallest absolute Gasteiger partial charge is 0.264 e. The SMILES string of the molecule is CC1(C)CCCC2(CC1)OCC(COS(C)(=O)=O)O2. The molecule has 0 N–H and O–H groups in total. The first-order valence-electron chi connectivity index (χ1n) is 6.86. The summed E-state index contributed by atoms with van der Waals surface area (Å²) in [4.78, 5) is 0. The molecule has 0 aromatic rings. The molecule has 2 unspecified atom stereocenters. The lowest BCUT2D eigenvalue weighted by molar-refractivity contribution is -0.179. The van der Waals surface area contributed by atoms with E-state index in [-0.39, 0.29) is 12.7 Å². The van der Waals surface area contributed by atoms with Gasteiger partial charge in [-0.2, -0.15) is 8.42 Å². The Morgan fingerprint density at radius 3 is 2.63 bits per heavy atom. The minimum atomic E-state index is -3.42. The normalized spacial score (nSPS) is 35.4. The molecule has 1 heterocycles. The van der Waals surface area contributed by atoms with Gasteiger partial charge in [-0.15, -0.1) is 0 Å². The summed E-state index contributed by atoms with van der Waals surface area (Å²) in [5, 5.41) is 0. The van der Waals surface area contributed by atoms with Crippen molar-refractivity contribution in [3.63, 3.8) is 0 Å². The molecule has 0 aromatic carbocycles. The molecule has 1 saturated heterocycles. The molecule has 1 aliphatic carbocycles. The van der Waals surface area contributed by atoms with Gasteiger partial charge in [-0.05, 0) is 24.7 Å². The lowest BCUT2D eigenvalue weighted by Gasteiger charge is -2.27. The molecule has 19 heavy (non-hydrogen) atoms. The average molecular weight is 292 g/mol. The molecule has 0 amide bonds. The van der Waals surface area contributed by atoms with E-state index in [1.807, 2.05) is 0 Å². The summed E-state index contributed by atoms with van der Waals surface area (Å²) in [5.74, 6) is -0.515. The van der Waals surface area contributed by atoms with Crippen LogP contribution in [0.5, 0.6) is 0 Å². The van der Waals surface area contributed by atoms with E-state index in [1.165, 1.54) is 6.42 Å². The molecule has 1 aliphatic heterocycles. The van der Waals surface area contributed by atoms with Crippen LogP contribution in [0.3, 0.4) is 0 Å². The summed E-state index contributed by atoms with van der Waals surface area (Å²) in [6.07, 6.45) is 5.83. The first-order chi connectivity index (χ1) is 8.70. The highest BCUT2D eigenvalue weighted by atomic mass is 32.2.